The number of anilines is 1. The molecule has 0 bridgehead atoms. The summed E-state index contributed by atoms with van der Waals surface area (Å²) in [5, 5.41) is 14.0. The second kappa shape index (κ2) is 7.14. The van der Waals surface area contributed by atoms with Gasteiger partial charge in [-0.2, -0.15) is 28.5 Å². The highest BCUT2D eigenvalue weighted by molar-refractivity contribution is 5.90. The number of rotatable bonds is 4. The number of alkyl halides is 3. The summed E-state index contributed by atoms with van der Waals surface area (Å²) in [6.07, 6.45) is -1.49. The molecule has 3 rings (SSSR count). The van der Waals surface area contributed by atoms with Crippen LogP contribution in [0.4, 0.5) is 18.9 Å². The summed E-state index contributed by atoms with van der Waals surface area (Å²) in [6.45, 7) is 1.32. The maximum Gasteiger partial charge on any atom is 0.416 e. The number of halogens is 3. The van der Waals surface area contributed by atoms with Crippen LogP contribution in [0.5, 0.6) is 0 Å². The lowest BCUT2D eigenvalue weighted by atomic mass is 10.1. The van der Waals surface area contributed by atoms with Crippen LogP contribution < -0.4 is 10.9 Å². The van der Waals surface area contributed by atoms with Gasteiger partial charge in [-0.25, -0.2) is 4.68 Å². The Hall–Kier alpha value is -3.30. The van der Waals surface area contributed by atoms with E-state index in [4.69, 9.17) is 0 Å². The average Bonchev–Trinajstić information content (AvgIpc) is 2.63. The van der Waals surface area contributed by atoms with E-state index < -0.39 is 23.2 Å². The third kappa shape index (κ3) is 3.94. The number of carbonyl (C=O) groups is 1. The number of benzene rings is 1. The van der Waals surface area contributed by atoms with Gasteiger partial charge in [0.25, 0.3) is 5.56 Å². The first-order valence-electron chi connectivity index (χ1n) is 7.97. The minimum absolute atomic E-state index is 0.0771. The molecule has 0 aliphatic carbocycles. The number of nitrogens with zero attached hydrogens (tertiary/aromatic N) is 4. The Morgan fingerprint density at radius 2 is 1.96 bits per heavy atom. The van der Waals surface area contributed by atoms with Crippen LogP contribution in [-0.2, 0) is 23.9 Å². The van der Waals surface area contributed by atoms with Crippen molar-refractivity contribution in [2.45, 2.75) is 26.1 Å². The van der Waals surface area contributed by atoms with E-state index in [0.29, 0.717) is 17.8 Å². The predicted molar refractivity (Wildman–Crippen MR) is 91.0 cm³/mol. The molecule has 0 atom stereocenters. The largest absolute Gasteiger partial charge is 0.416 e. The van der Waals surface area contributed by atoms with Crippen molar-refractivity contribution < 1.29 is 18.0 Å². The van der Waals surface area contributed by atoms with Crippen molar-refractivity contribution in [3.05, 3.63) is 58.3 Å². The van der Waals surface area contributed by atoms with Crippen molar-refractivity contribution in [2.75, 3.05) is 5.32 Å². The fraction of sp³-hybridized carbons (Fsp3) is 0.235. The number of fused-ring (bicyclic) bond motifs is 1. The Kier molecular flexibility index (Phi) is 4.89. The molecule has 0 saturated carbocycles. The minimum atomic E-state index is -4.52. The van der Waals surface area contributed by atoms with Crippen molar-refractivity contribution in [2.24, 2.45) is 0 Å². The summed E-state index contributed by atoms with van der Waals surface area (Å²) in [6, 6.07) is 4.39. The maximum absolute atomic E-state index is 12.9. The van der Waals surface area contributed by atoms with Crippen molar-refractivity contribution in [1.29, 1.82) is 0 Å². The van der Waals surface area contributed by atoms with Crippen LogP contribution in [0.3, 0.4) is 0 Å². The molecule has 3 aromatic rings. The minimum Gasteiger partial charge on any atom is -0.323 e. The molecule has 27 heavy (non-hydrogen) atoms. The first kappa shape index (κ1) is 18.5. The molecule has 0 fully saturated rings. The van der Waals surface area contributed by atoms with E-state index in [-0.39, 0.29) is 17.3 Å². The van der Waals surface area contributed by atoms with Crippen LogP contribution >= 0.6 is 0 Å². The Balaban J connectivity index is 1.98. The topological polar surface area (TPSA) is 89.8 Å². The van der Waals surface area contributed by atoms with Gasteiger partial charge in [0.15, 0.2) is 0 Å². The van der Waals surface area contributed by atoms with E-state index in [1.165, 1.54) is 18.5 Å². The molecule has 1 amide bonds. The van der Waals surface area contributed by atoms with Crippen LogP contribution in [0.2, 0.25) is 0 Å². The summed E-state index contributed by atoms with van der Waals surface area (Å²) in [7, 11) is 0. The van der Waals surface area contributed by atoms with Gasteiger partial charge in [0, 0.05) is 5.39 Å². The molecule has 0 aliphatic rings. The van der Waals surface area contributed by atoms with Crippen molar-refractivity contribution in [1.82, 2.24) is 20.0 Å². The molecule has 0 spiro atoms. The highest BCUT2D eigenvalue weighted by Gasteiger charge is 2.31. The van der Waals surface area contributed by atoms with E-state index in [0.717, 1.165) is 22.9 Å². The molecule has 0 aliphatic heterocycles. The molecule has 7 nitrogen and oxygen atoms in total. The van der Waals surface area contributed by atoms with Gasteiger partial charge in [0.2, 0.25) is 5.91 Å². The Bertz CT molecular complexity index is 1050. The van der Waals surface area contributed by atoms with Crippen molar-refractivity contribution in [3.63, 3.8) is 0 Å². The van der Waals surface area contributed by atoms with Gasteiger partial charge in [-0.3, -0.25) is 9.59 Å². The number of hydrogen-bond donors (Lipinski definition) is 1. The van der Waals surface area contributed by atoms with E-state index in [2.05, 4.69) is 20.6 Å². The van der Waals surface area contributed by atoms with Crippen molar-refractivity contribution in [3.8, 4) is 0 Å². The highest BCUT2D eigenvalue weighted by atomic mass is 19.4. The number of aryl methyl sites for hydroxylation is 1. The lowest BCUT2D eigenvalue weighted by Gasteiger charge is -2.12. The molecule has 2 heterocycles. The number of amides is 1. The standard InChI is InChI=1S/C17H14F3N5O2/c1-2-14-13-7-10(17(18,19)20)3-4-12(13)16(27)25(24-14)9-15(26)23-11-5-6-21-22-8-11/h3-8H,2,9H2,1H3,(H,21,23,26). The maximum atomic E-state index is 12.9. The quantitative estimate of drug-likeness (QED) is 0.754. The Morgan fingerprint density at radius 3 is 2.59 bits per heavy atom. The van der Waals surface area contributed by atoms with Crippen LogP contribution in [0.25, 0.3) is 10.8 Å². The van der Waals surface area contributed by atoms with Gasteiger partial charge in [-0.15, -0.1) is 0 Å². The monoisotopic (exact) mass is 377 g/mol. The molecule has 0 unspecified atom stereocenters. The van der Waals surface area contributed by atoms with Gasteiger partial charge < -0.3 is 5.32 Å². The first-order valence-corrected chi connectivity index (χ1v) is 7.97. The molecule has 2 aromatic heterocycles. The van der Waals surface area contributed by atoms with E-state index in [1.54, 1.807) is 6.92 Å². The second-order valence-electron chi connectivity index (χ2n) is 5.70. The average molecular weight is 377 g/mol. The van der Waals surface area contributed by atoms with Gasteiger partial charge in [0.1, 0.15) is 6.54 Å². The van der Waals surface area contributed by atoms with Crippen molar-refractivity contribution >= 4 is 22.4 Å². The molecular weight excluding hydrogens is 363 g/mol. The lowest BCUT2D eigenvalue weighted by Crippen LogP contribution is -2.30. The Morgan fingerprint density at radius 1 is 1.19 bits per heavy atom. The van der Waals surface area contributed by atoms with Crippen LogP contribution in [0.1, 0.15) is 18.2 Å². The zero-order valence-electron chi connectivity index (χ0n) is 14.1. The zero-order chi connectivity index (χ0) is 19.6. The van der Waals surface area contributed by atoms with Crippen LogP contribution in [0.15, 0.2) is 41.5 Å². The molecule has 140 valence electrons. The number of nitrogens with one attached hydrogen (secondary N) is 1. The molecule has 1 N–H and O–H groups in total. The van der Waals surface area contributed by atoms with Crippen LogP contribution in [-0.4, -0.2) is 25.9 Å². The first-order chi connectivity index (χ1) is 12.8. The number of aromatic nitrogens is 4. The van der Waals surface area contributed by atoms with Crippen LogP contribution in [0, 0.1) is 0 Å². The summed E-state index contributed by atoms with van der Waals surface area (Å²) < 4.78 is 39.8. The van der Waals surface area contributed by atoms with E-state index >= 15 is 0 Å². The summed E-state index contributed by atoms with van der Waals surface area (Å²) >= 11 is 0. The molecular formula is C17H14F3N5O2. The molecule has 0 saturated heterocycles. The third-order valence-electron chi connectivity index (χ3n) is 3.86. The smallest absolute Gasteiger partial charge is 0.323 e. The fourth-order valence-corrected chi connectivity index (χ4v) is 2.60. The van der Waals surface area contributed by atoms with Gasteiger partial charge in [-0.1, -0.05) is 6.92 Å². The molecule has 1 aromatic carbocycles. The normalized spacial score (nSPS) is 11.6. The zero-order valence-corrected chi connectivity index (χ0v) is 14.1. The molecule has 0 radical (unpaired) electrons. The van der Waals surface area contributed by atoms with E-state index in [1.807, 2.05) is 0 Å². The third-order valence-corrected chi connectivity index (χ3v) is 3.86. The van der Waals surface area contributed by atoms with Gasteiger partial charge in [0.05, 0.1) is 34.7 Å². The highest BCUT2D eigenvalue weighted by Crippen LogP contribution is 2.31. The van der Waals surface area contributed by atoms with Gasteiger partial charge in [-0.05, 0) is 30.7 Å². The lowest BCUT2D eigenvalue weighted by molar-refractivity contribution is -0.137. The van der Waals surface area contributed by atoms with Gasteiger partial charge >= 0.3 is 6.18 Å². The summed E-state index contributed by atoms with van der Waals surface area (Å²) in [5.74, 6) is -0.522. The fourth-order valence-electron chi connectivity index (χ4n) is 2.60. The second-order valence-corrected chi connectivity index (χ2v) is 5.70. The summed E-state index contributed by atoms with van der Waals surface area (Å²) in [4.78, 5) is 24.7. The predicted octanol–water partition coefficient (Wildman–Crippen LogP) is 2.41. The SMILES string of the molecule is CCc1nn(CC(=O)Nc2ccnnc2)c(=O)c2ccc(C(F)(F)F)cc12. The number of hydrogen-bond acceptors (Lipinski definition) is 5. The number of carbonyl (C=O) groups excluding carboxylic acids is 1. The summed E-state index contributed by atoms with van der Waals surface area (Å²) in [5.41, 5.74) is -0.797. The Labute approximate surface area is 150 Å². The molecule has 10 heteroatoms. The van der Waals surface area contributed by atoms with E-state index in [9.17, 15) is 22.8 Å².